The third-order valence-electron chi connectivity index (χ3n) is 7.28. The van der Waals surface area contributed by atoms with E-state index in [1.807, 2.05) is 31.2 Å². The molecule has 0 bridgehead atoms. The number of amides is 2. The average Bonchev–Trinajstić information content (AvgIpc) is 2.95. The van der Waals surface area contributed by atoms with E-state index in [-0.39, 0.29) is 23.4 Å². The monoisotopic (exact) mass is 673 g/mol. The molecule has 0 saturated heterocycles. The summed E-state index contributed by atoms with van der Waals surface area (Å²) in [6.45, 7) is 3.43. The van der Waals surface area contributed by atoms with Gasteiger partial charge in [-0.1, -0.05) is 67.3 Å². The van der Waals surface area contributed by atoms with Crippen molar-refractivity contribution in [2.75, 3.05) is 10.8 Å². The molecule has 3 aromatic rings. The average molecular weight is 674 g/mol. The van der Waals surface area contributed by atoms with Crippen LogP contribution in [0.4, 0.5) is 5.69 Å². The van der Waals surface area contributed by atoms with Crippen molar-refractivity contribution in [3.8, 4) is 0 Å². The molecule has 0 aliphatic heterocycles. The summed E-state index contributed by atoms with van der Waals surface area (Å²) in [6.07, 6.45) is 5.19. The molecule has 7 nitrogen and oxygen atoms in total. The first-order valence-corrected chi connectivity index (χ1v) is 16.2. The van der Waals surface area contributed by atoms with Crippen LogP contribution in [0.5, 0.6) is 0 Å². The maximum Gasteiger partial charge on any atom is 0.264 e. The quantitative estimate of drug-likeness (QED) is 0.282. The van der Waals surface area contributed by atoms with Gasteiger partial charge in [0.05, 0.1) is 10.6 Å². The fourth-order valence-electron chi connectivity index (χ4n) is 5.01. The molecular formula is C31H36IN3O4S. The lowest BCUT2D eigenvalue weighted by molar-refractivity contribution is -0.139. The predicted octanol–water partition coefficient (Wildman–Crippen LogP) is 5.66. The van der Waals surface area contributed by atoms with E-state index < -0.39 is 28.5 Å². The lowest BCUT2D eigenvalue weighted by Crippen LogP contribution is -2.53. The van der Waals surface area contributed by atoms with E-state index in [9.17, 15) is 18.0 Å². The molecule has 1 unspecified atom stereocenters. The first-order valence-electron chi connectivity index (χ1n) is 13.6. The Balaban J connectivity index is 1.66. The number of hydrogen-bond acceptors (Lipinski definition) is 4. The fraction of sp³-hybridized carbons (Fsp3) is 0.355. The van der Waals surface area contributed by atoms with Gasteiger partial charge in [-0.05, 0) is 91.2 Å². The van der Waals surface area contributed by atoms with Crippen LogP contribution in [0.15, 0.2) is 83.8 Å². The zero-order chi connectivity index (χ0) is 28.7. The summed E-state index contributed by atoms with van der Waals surface area (Å²) in [5, 5.41) is 3.13. The van der Waals surface area contributed by atoms with Crippen LogP contribution >= 0.6 is 22.6 Å². The number of halogens is 1. The van der Waals surface area contributed by atoms with Crippen molar-refractivity contribution in [2.45, 2.75) is 69.5 Å². The van der Waals surface area contributed by atoms with E-state index in [1.165, 1.54) is 23.5 Å². The topological polar surface area (TPSA) is 86.8 Å². The standard InChI is InChI=1S/C31H36IN3O4S/c1-23-10-9-11-25(20-23)21-34(24(2)31(37)33-27-12-5-3-6-13-27)30(36)22-35(28-18-16-26(32)17-19-28)40(38,39)29-14-7-4-8-15-29/h4,7-11,14-20,24,27H,3,5-6,12-13,21-22H2,1-2H3,(H,33,37). The van der Waals surface area contributed by atoms with Crippen LogP contribution in [-0.2, 0) is 26.2 Å². The number of hydrogen-bond donors (Lipinski definition) is 1. The molecule has 212 valence electrons. The highest BCUT2D eigenvalue weighted by atomic mass is 127. The zero-order valence-corrected chi connectivity index (χ0v) is 25.9. The molecule has 1 aliphatic rings. The minimum atomic E-state index is -4.06. The molecule has 4 rings (SSSR count). The van der Waals surface area contributed by atoms with Crippen molar-refractivity contribution in [3.63, 3.8) is 0 Å². The summed E-state index contributed by atoms with van der Waals surface area (Å²) in [4.78, 5) is 29.0. The number of anilines is 1. The third-order valence-corrected chi connectivity index (χ3v) is 9.79. The summed E-state index contributed by atoms with van der Waals surface area (Å²) >= 11 is 2.15. The van der Waals surface area contributed by atoms with Crippen LogP contribution in [-0.4, -0.2) is 43.8 Å². The molecule has 0 spiro atoms. The number of nitrogens with zero attached hydrogens (tertiary/aromatic N) is 2. The van der Waals surface area contributed by atoms with Crippen molar-refractivity contribution in [2.24, 2.45) is 0 Å². The Hall–Kier alpha value is -2.92. The van der Waals surface area contributed by atoms with Crippen molar-refractivity contribution in [3.05, 3.63) is 93.6 Å². The molecule has 40 heavy (non-hydrogen) atoms. The Morgan fingerprint density at radius 2 is 1.62 bits per heavy atom. The van der Waals surface area contributed by atoms with Crippen LogP contribution in [0.25, 0.3) is 0 Å². The Morgan fingerprint density at radius 1 is 0.950 bits per heavy atom. The molecule has 1 N–H and O–H groups in total. The second-order valence-corrected chi connectivity index (χ2v) is 13.4. The Morgan fingerprint density at radius 3 is 2.27 bits per heavy atom. The number of carbonyl (C=O) groups excluding carboxylic acids is 2. The van der Waals surface area contributed by atoms with Gasteiger partial charge in [0.25, 0.3) is 10.0 Å². The molecule has 1 saturated carbocycles. The molecule has 2 amide bonds. The Bertz CT molecular complexity index is 1410. The SMILES string of the molecule is Cc1cccc(CN(C(=O)CN(c2ccc(I)cc2)S(=O)(=O)c2ccccc2)C(C)C(=O)NC2CCCCC2)c1. The van der Waals surface area contributed by atoms with E-state index in [4.69, 9.17) is 0 Å². The second kappa shape index (κ2) is 13.6. The minimum absolute atomic E-state index is 0.0923. The van der Waals surface area contributed by atoms with Gasteiger partial charge in [0.15, 0.2) is 0 Å². The Labute approximate surface area is 251 Å². The van der Waals surface area contributed by atoms with Crippen LogP contribution < -0.4 is 9.62 Å². The highest BCUT2D eigenvalue weighted by Gasteiger charge is 2.33. The first kappa shape index (κ1) is 30.0. The number of nitrogens with one attached hydrogen (secondary N) is 1. The molecule has 0 heterocycles. The fourth-order valence-corrected chi connectivity index (χ4v) is 6.81. The summed E-state index contributed by atoms with van der Waals surface area (Å²) in [5.74, 6) is -0.675. The lowest BCUT2D eigenvalue weighted by atomic mass is 9.95. The molecule has 1 fully saturated rings. The molecule has 9 heteroatoms. The number of rotatable bonds is 10. The van der Waals surface area contributed by atoms with Crippen molar-refractivity contribution >= 4 is 50.1 Å². The second-order valence-electron chi connectivity index (χ2n) is 10.3. The van der Waals surface area contributed by atoms with E-state index in [2.05, 4.69) is 27.9 Å². The molecular weight excluding hydrogens is 637 g/mol. The van der Waals surface area contributed by atoms with Crippen LogP contribution in [0, 0.1) is 10.5 Å². The van der Waals surface area contributed by atoms with Crippen LogP contribution in [0.1, 0.15) is 50.2 Å². The molecule has 1 aliphatic carbocycles. The van der Waals surface area contributed by atoms with E-state index >= 15 is 0 Å². The van der Waals surface area contributed by atoms with E-state index in [1.54, 1.807) is 49.4 Å². The highest BCUT2D eigenvalue weighted by molar-refractivity contribution is 14.1. The maximum absolute atomic E-state index is 14.0. The Kier molecular flexibility index (Phi) is 10.2. The van der Waals surface area contributed by atoms with Crippen molar-refractivity contribution < 1.29 is 18.0 Å². The molecule has 0 radical (unpaired) electrons. The predicted molar refractivity (Wildman–Crippen MR) is 166 cm³/mol. The maximum atomic E-state index is 14.0. The van der Waals surface area contributed by atoms with Gasteiger partial charge >= 0.3 is 0 Å². The third kappa shape index (κ3) is 7.63. The highest BCUT2D eigenvalue weighted by Crippen LogP contribution is 2.25. The summed E-state index contributed by atoms with van der Waals surface area (Å²) in [5.41, 5.74) is 2.29. The lowest BCUT2D eigenvalue weighted by Gasteiger charge is -2.33. The summed E-state index contributed by atoms with van der Waals surface area (Å²) in [7, 11) is -4.06. The van der Waals surface area contributed by atoms with Crippen LogP contribution in [0.3, 0.4) is 0 Å². The van der Waals surface area contributed by atoms with Crippen molar-refractivity contribution in [1.29, 1.82) is 0 Å². The van der Waals surface area contributed by atoms with E-state index in [0.717, 1.165) is 44.7 Å². The number of benzene rings is 3. The number of sulfonamides is 1. The van der Waals surface area contributed by atoms with Gasteiger partial charge < -0.3 is 10.2 Å². The van der Waals surface area contributed by atoms with Gasteiger partial charge in [0.2, 0.25) is 11.8 Å². The van der Waals surface area contributed by atoms with Crippen molar-refractivity contribution in [1.82, 2.24) is 10.2 Å². The van der Waals surface area contributed by atoms with Gasteiger partial charge in [-0.15, -0.1) is 0 Å². The first-order chi connectivity index (χ1) is 19.1. The smallest absolute Gasteiger partial charge is 0.264 e. The summed E-state index contributed by atoms with van der Waals surface area (Å²) in [6, 6.07) is 22.2. The molecule has 0 aromatic heterocycles. The summed E-state index contributed by atoms with van der Waals surface area (Å²) < 4.78 is 29.7. The molecule has 1 atom stereocenters. The number of carbonyl (C=O) groups is 2. The van der Waals surface area contributed by atoms with Gasteiger partial charge in [0, 0.05) is 16.2 Å². The van der Waals surface area contributed by atoms with Gasteiger partial charge in [-0.25, -0.2) is 8.42 Å². The zero-order valence-electron chi connectivity index (χ0n) is 22.9. The normalized spacial score (nSPS) is 14.8. The van der Waals surface area contributed by atoms with Gasteiger partial charge in [-0.2, -0.15) is 0 Å². The van der Waals surface area contributed by atoms with Crippen LogP contribution in [0.2, 0.25) is 0 Å². The largest absolute Gasteiger partial charge is 0.352 e. The van der Waals surface area contributed by atoms with Gasteiger partial charge in [-0.3, -0.25) is 13.9 Å². The molecule has 3 aromatic carbocycles. The van der Waals surface area contributed by atoms with E-state index in [0.29, 0.717) is 5.69 Å². The minimum Gasteiger partial charge on any atom is -0.352 e. The number of aryl methyl sites for hydroxylation is 1. The van der Waals surface area contributed by atoms with Gasteiger partial charge in [0.1, 0.15) is 12.6 Å².